The lowest BCUT2D eigenvalue weighted by molar-refractivity contribution is 0.0949. The number of hydrogen-bond donors (Lipinski definition) is 2. The van der Waals surface area contributed by atoms with Gasteiger partial charge in [-0.3, -0.25) is 4.79 Å². The molecule has 2 aromatic rings. The van der Waals surface area contributed by atoms with Gasteiger partial charge in [0.1, 0.15) is 11.5 Å². The molecule has 0 fully saturated rings. The average molecular weight is 298 g/mol. The first-order valence-corrected chi connectivity index (χ1v) is 7.67. The minimum absolute atomic E-state index is 0.191. The van der Waals surface area contributed by atoms with Crippen LogP contribution in [-0.2, 0) is 6.42 Å². The van der Waals surface area contributed by atoms with Gasteiger partial charge in [0.2, 0.25) is 0 Å². The summed E-state index contributed by atoms with van der Waals surface area (Å²) in [5.74, 6) is 0.512. The van der Waals surface area contributed by atoms with Crippen molar-refractivity contribution >= 4 is 11.7 Å². The lowest BCUT2D eigenvalue weighted by atomic mass is 10.1. The highest BCUT2D eigenvalue weighted by Crippen LogP contribution is 2.02. The van der Waals surface area contributed by atoms with Gasteiger partial charge in [-0.2, -0.15) is 0 Å². The smallest absolute Gasteiger partial charge is 0.271 e. The molecule has 5 nitrogen and oxygen atoms in total. The number of anilines is 1. The molecule has 0 radical (unpaired) electrons. The quantitative estimate of drug-likeness (QED) is 0.735. The van der Waals surface area contributed by atoms with E-state index >= 15 is 0 Å². The third kappa shape index (κ3) is 5.16. The van der Waals surface area contributed by atoms with Gasteiger partial charge in [0.05, 0.1) is 12.4 Å². The second kappa shape index (κ2) is 8.77. The Bertz CT molecular complexity index is 569. The monoisotopic (exact) mass is 298 g/mol. The fraction of sp³-hybridized carbons (Fsp3) is 0.353. The lowest BCUT2D eigenvalue weighted by Crippen LogP contribution is -2.26. The number of carbonyl (C=O) groups excluding carboxylic acids is 1. The fourth-order valence-corrected chi connectivity index (χ4v) is 1.99. The Labute approximate surface area is 131 Å². The van der Waals surface area contributed by atoms with Gasteiger partial charge in [-0.15, -0.1) is 0 Å². The van der Waals surface area contributed by atoms with E-state index in [-0.39, 0.29) is 5.91 Å². The highest BCUT2D eigenvalue weighted by atomic mass is 16.1. The number of carbonyl (C=O) groups is 1. The minimum Gasteiger partial charge on any atom is -0.369 e. The topological polar surface area (TPSA) is 66.9 Å². The van der Waals surface area contributed by atoms with Crippen LogP contribution < -0.4 is 10.6 Å². The first-order chi connectivity index (χ1) is 10.8. The Kier molecular flexibility index (Phi) is 6.36. The summed E-state index contributed by atoms with van der Waals surface area (Å²) < 4.78 is 0. The van der Waals surface area contributed by atoms with E-state index in [1.54, 1.807) is 6.20 Å². The summed E-state index contributed by atoms with van der Waals surface area (Å²) in [6.07, 6.45) is 6.12. The molecule has 0 aliphatic heterocycles. The predicted molar refractivity (Wildman–Crippen MR) is 87.9 cm³/mol. The van der Waals surface area contributed by atoms with Crippen LogP contribution in [0.15, 0.2) is 42.7 Å². The van der Waals surface area contributed by atoms with Gasteiger partial charge in [0.25, 0.3) is 5.91 Å². The third-order valence-electron chi connectivity index (χ3n) is 3.26. The average Bonchev–Trinajstić information content (AvgIpc) is 2.56. The van der Waals surface area contributed by atoms with Crippen LogP contribution in [-0.4, -0.2) is 29.0 Å². The van der Waals surface area contributed by atoms with Crippen molar-refractivity contribution < 1.29 is 4.79 Å². The van der Waals surface area contributed by atoms with E-state index in [0.29, 0.717) is 18.1 Å². The van der Waals surface area contributed by atoms with E-state index in [0.717, 1.165) is 25.8 Å². The van der Waals surface area contributed by atoms with Gasteiger partial charge in [-0.25, -0.2) is 9.97 Å². The second-order valence-corrected chi connectivity index (χ2v) is 5.06. The summed E-state index contributed by atoms with van der Waals surface area (Å²) in [5.41, 5.74) is 1.54. The van der Waals surface area contributed by atoms with Gasteiger partial charge >= 0.3 is 0 Å². The molecule has 5 heteroatoms. The Balaban J connectivity index is 1.77. The molecule has 0 aliphatic rings. The number of nitrogens with one attached hydrogen (secondary N) is 2. The Morgan fingerprint density at radius 1 is 1.09 bits per heavy atom. The summed E-state index contributed by atoms with van der Waals surface area (Å²) in [5, 5.41) is 6.03. The van der Waals surface area contributed by atoms with Crippen LogP contribution >= 0.6 is 0 Å². The molecule has 0 unspecified atom stereocenters. The summed E-state index contributed by atoms with van der Waals surface area (Å²) in [4.78, 5) is 20.3. The van der Waals surface area contributed by atoms with Crippen molar-refractivity contribution in [1.29, 1.82) is 0 Å². The molecule has 2 N–H and O–H groups in total. The van der Waals surface area contributed by atoms with Crippen LogP contribution in [0.4, 0.5) is 5.82 Å². The molecule has 0 saturated heterocycles. The molecular weight excluding hydrogens is 276 g/mol. The molecule has 0 atom stereocenters. The van der Waals surface area contributed by atoms with Gasteiger partial charge in [0.15, 0.2) is 0 Å². The van der Waals surface area contributed by atoms with Gasteiger partial charge in [0, 0.05) is 13.1 Å². The first kappa shape index (κ1) is 15.9. The maximum atomic E-state index is 12.0. The summed E-state index contributed by atoms with van der Waals surface area (Å²) in [6, 6.07) is 10.1. The molecule has 2 rings (SSSR count). The first-order valence-electron chi connectivity index (χ1n) is 7.67. The van der Waals surface area contributed by atoms with Gasteiger partial charge in [-0.05, 0) is 18.4 Å². The zero-order valence-electron chi connectivity index (χ0n) is 12.9. The Morgan fingerprint density at radius 2 is 1.91 bits per heavy atom. The summed E-state index contributed by atoms with van der Waals surface area (Å²) >= 11 is 0. The SMILES string of the molecule is CCCCNc1cnc(C(=O)NCCc2ccccc2)cn1. The standard InChI is InChI=1S/C17H22N4O/c1-2-3-10-18-16-13-20-15(12-21-16)17(22)19-11-9-14-7-5-4-6-8-14/h4-8,12-13H,2-3,9-11H2,1H3,(H,18,21)(H,19,22). The van der Waals surface area contributed by atoms with E-state index < -0.39 is 0 Å². The summed E-state index contributed by atoms with van der Waals surface area (Å²) in [6.45, 7) is 3.59. The summed E-state index contributed by atoms with van der Waals surface area (Å²) in [7, 11) is 0. The van der Waals surface area contributed by atoms with Gasteiger partial charge < -0.3 is 10.6 Å². The van der Waals surface area contributed by atoms with E-state index in [1.807, 2.05) is 30.3 Å². The minimum atomic E-state index is -0.191. The molecule has 1 amide bonds. The van der Waals surface area contributed by atoms with E-state index in [4.69, 9.17) is 0 Å². The van der Waals surface area contributed by atoms with Crippen LogP contribution in [0.1, 0.15) is 35.8 Å². The number of benzene rings is 1. The van der Waals surface area contributed by atoms with Crippen molar-refractivity contribution in [2.24, 2.45) is 0 Å². The van der Waals surface area contributed by atoms with Crippen molar-refractivity contribution in [2.45, 2.75) is 26.2 Å². The number of amides is 1. The highest BCUT2D eigenvalue weighted by molar-refractivity contribution is 5.91. The van der Waals surface area contributed by atoms with Crippen LogP contribution in [0.2, 0.25) is 0 Å². The maximum Gasteiger partial charge on any atom is 0.271 e. The van der Waals surface area contributed by atoms with Crippen molar-refractivity contribution in [2.75, 3.05) is 18.4 Å². The zero-order valence-corrected chi connectivity index (χ0v) is 12.9. The van der Waals surface area contributed by atoms with Crippen LogP contribution in [0.25, 0.3) is 0 Å². The molecule has 116 valence electrons. The molecule has 0 spiro atoms. The largest absolute Gasteiger partial charge is 0.369 e. The van der Waals surface area contributed by atoms with Crippen molar-refractivity contribution in [3.8, 4) is 0 Å². The molecule has 1 heterocycles. The van der Waals surface area contributed by atoms with Gasteiger partial charge in [-0.1, -0.05) is 43.7 Å². The molecule has 0 saturated carbocycles. The number of nitrogens with zero attached hydrogens (tertiary/aromatic N) is 2. The molecular formula is C17H22N4O. The molecule has 1 aromatic carbocycles. The van der Waals surface area contributed by atoms with E-state index in [1.165, 1.54) is 11.8 Å². The number of aromatic nitrogens is 2. The Hall–Kier alpha value is -2.43. The van der Waals surface area contributed by atoms with Crippen LogP contribution in [0.5, 0.6) is 0 Å². The normalized spacial score (nSPS) is 10.2. The highest BCUT2D eigenvalue weighted by Gasteiger charge is 2.07. The number of rotatable bonds is 8. The maximum absolute atomic E-state index is 12.0. The van der Waals surface area contributed by atoms with Crippen LogP contribution in [0, 0.1) is 0 Å². The third-order valence-corrected chi connectivity index (χ3v) is 3.26. The van der Waals surface area contributed by atoms with E-state index in [2.05, 4.69) is 27.5 Å². The number of unbranched alkanes of at least 4 members (excludes halogenated alkanes) is 1. The predicted octanol–water partition coefficient (Wildman–Crippen LogP) is 2.66. The van der Waals surface area contributed by atoms with Crippen molar-refractivity contribution in [1.82, 2.24) is 15.3 Å². The van der Waals surface area contributed by atoms with Crippen molar-refractivity contribution in [3.63, 3.8) is 0 Å². The number of hydrogen-bond acceptors (Lipinski definition) is 4. The van der Waals surface area contributed by atoms with Crippen molar-refractivity contribution in [3.05, 3.63) is 54.0 Å². The molecule has 0 bridgehead atoms. The lowest BCUT2D eigenvalue weighted by Gasteiger charge is -2.06. The molecule has 22 heavy (non-hydrogen) atoms. The Morgan fingerprint density at radius 3 is 2.59 bits per heavy atom. The zero-order chi connectivity index (χ0) is 15.6. The second-order valence-electron chi connectivity index (χ2n) is 5.06. The molecule has 0 aliphatic carbocycles. The van der Waals surface area contributed by atoms with E-state index in [9.17, 15) is 4.79 Å². The van der Waals surface area contributed by atoms with Crippen LogP contribution in [0.3, 0.4) is 0 Å². The molecule has 1 aromatic heterocycles. The fourth-order valence-electron chi connectivity index (χ4n) is 1.99.